The van der Waals surface area contributed by atoms with Gasteiger partial charge in [-0.2, -0.15) is 0 Å². The van der Waals surface area contributed by atoms with Crippen molar-refractivity contribution >= 4 is 0 Å². The van der Waals surface area contributed by atoms with Crippen LogP contribution in [0.1, 0.15) is 32.6 Å². The van der Waals surface area contributed by atoms with Crippen LogP contribution in [0.3, 0.4) is 0 Å². The Kier molecular flexibility index (Phi) is 2.72. The van der Waals surface area contributed by atoms with Gasteiger partial charge >= 0.3 is 0 Å². The monoisotopic (exact) mass is 141 g/mol. The molecule has 0 aromatic heterocycles. The van der Waals surface area contributed by atoms with Crippen molar-refractivity contribution in [2.75, 3.05) is 0 Å². The minimum absolute atomic E-state index is 0.104. The van der Waals surface area contributed by atoms with Crippen molar-refractivity contribution in [3.63, 3.8) is 0 Å². The van der Waals surface area contributed by atoms with Crippen LogP contribution in [0, 0.1) is 18.8 Å². The predicted molar refractivity (Wildman–Crippen MR) is 42.5 cm³/mol. The zero-order chi connectivity index (χ0) is 7.56. The predicted octanol–water partition coefficient (Wildman–Crippen LogP) is 2.01. The fourth-order valence-electron chi connectivity index (χ4n) is 1.67. The Labute approximate surface area is 63.4 Å². The summed E-state index contributed by atoms with van der Waals surface area (Å²) in [5, 5.41) is 9.24. The Bertz CT molecular complexity index is 90.9. The van der Waals surface area contributed by atoms with Gasteiger partial charge in [0.15, 0.2) is 0 Å². The van der Waals surface area contributed by atoms with Crippen molar-refractivity contribution < 1.29 is 5.11 Å². The largest absolute Gasteiger partial charge is 0.393 e. The van der Waals surface area contributed by atoms with Gasteiger partial charge in [-0.3, -0.25) is 0 Å². The topological polar surface area (TPSA) is 20.2 Å². The number of hydrogen-bond donors (Lipinski definition) is 1. The summed E-state index contributed by atoms with van der Waals surface area (Å²) in [7, 11) is 0. The first-order valence-corrected chi connectivity index (χ1v) is 4.21. The summed E-state index contributed by atoms with van der Waals surface area (Å²) in [6.07, 6.45) is 4.65. The Hall–Kier alpha value is -0.0400. The summed E-state index contributed by atoms with van der Waals surface area (Å²) >= 11 is 0. The van der Waals surface area contributed by atoms with Crippen molar-refractivity contribution in [1.29, 1.82) is 0 Å². The van der Waals surface area contributed by atoms with E-state index in [0.717, 1.165) is 0 Å². The summed E-state index contributed by atoms with van der Waals surface area (Å²) in [4.78, 5) is 0. The highest BCUT2D eigenvalue weighted by atomic mass is 16.3. The number of hydrogen-bond acceptors (Lipinski definition) is 1. The summed E-state index contributed by atoms with van der Waals surface area (Å²) in [6.45, 7) is 5.91. The summed E-state index contributed by atoms with van der Waals surface area (Å²) in [6, 6.07) is 0. The molecule has 1 saturated carbocycles. The molecule has 1 atom stereocenters. The smallest absolute Gasteiger partial charge is 0.0540 e. The molecule has 1 fully saturated rings. The highest BCUT2D eigenvalue weighted by molar-refractivity contribution is 4.76. The first-order chi connectivity index (χ1) is 4.70. The van der Waals surface area contributed by atoms with Crippen LogP contribution in [0.4, 0.5) is 0 Å². The van der Waals surface area contributed by atoms with Crippen molar-refractivity contribution in [1.82, 2.24) is 0 Å². The molecule has 10 heavy (non-hydrogen) atoms. The lowest BCUT2D eigenvalue weighted by molar-refractivity contribution is 0.0937. The standard InChI is InChI=1S/C9H17O/c1-7-3-5-9(6-4-7)8(2)10/h7-10H,1,3-6H2,2H3. The van der Waals surface area contributed by atoms with Gasteiger partial charge in [-0.1, -0.05) is 19.8 Å². The molecule has 1 rings (SSSR count). The lowest BCUT2D eigenvalue weighted by atomic mass is 9.81. The Morgan fingerprint density at radius 3 is 2.20 bits per heavy atom. The molecular formula is C9H17O. The minimum atomic E-state index is -0.104. The van der Waals surface area contributed by atoms with Crippen LogP contribution in [0.2, 0.25) is 0 Å². The van der Waals surface area contributed by atoms with Gasteiger partial charge in [0, 0.05) is 0 Å². The molecule has 1 heteroatoms. The van der Waals surface area contributed by atoms with Crippen LogP contribution in [0.15, 0.2) is 0 Å². The molecule has 1 radical (unpaired) electrons. The molecular weight excluding hydrogens is 124 g/mol. The maximum absolute atomic E-state index is 9.24. The summed E-state index contributed by atoms with van der Waals surface area (Å²) < 4.78 is 0. The zero-order valence-corrected chi connectivity index (χ0v) is 6.71. The van der Waals surface area contributed by atoms with E-state index in [-0.39, 0.29) is 6.10 Å². The average molecular weight is 141 g/mol. The van der Waals surface area contributed by atoms with Gasteiger partial charge in [0.2, 0.25) is 0 Å². The number of aliphatic hydroxyl groups excluding tert-OH is 1. The van der Waals surface area contributed by atoms with E-state index < -0.39 is 0 Å². The van der Waals surface area contributed by atoms with Crippen LogP contribution in [0.5, 0.6) is 0 Å². The molecule has 1 aliphatic carbocycles. The molecule has 1 aliphatic rings. The van der Waals surface area contributed by atoms with Crippen LogP contribution in [-0.4, -0.2) is 11.2 Å². The molecule has 0 spiro atoms. The third-order valence-electron chi connectivity index (χ3n) is 2.57. The van der Waals surface area contributed by atoms with Gasteiger partial charge in [-0.25, -0.2) is 0 Å². The lowest BCUT2D eigenvalue weighted by Crippen LogP contribution is -2.22. The SMILES string of the molecule is [CH2]C1CCC(C(C)O)CC1. The van der Waals surface area contributed by atoms with E-state index in [9.17, 15) is 5.11 Å². The average Bonchev–Trinajstić information content (AvgIpc) is 1.88. The second-order valence-electron chi connectivity index (χ2n) is 3.52. The Morgan fingerprint density at radius 1 is 1.30 bits per heavy atom. The highest BCUT2D eigenvalue weighted by Crippen LogP contribution is 2.29. The first-order valence-electron chi connectivity index (χ1n) is 4.21. The molecule has 0 saturated heterocycles. The first kappa shape index (κ1) is 8.06. The van der Waals surface area contributed by atoms with Crippen molar-refractivity contribution in [2.24, 2.45) is 11.8 Å². The van der Waals surface area contributed by atoms with Gasteiger partial charge in [0.25, 0.3) is 0 Å². The maximum Gasteiger partial charge on any atom is 0.0540 e. The van der Waals surface area contributed by atoms with E-state index in [0.29, 0.717) is 11.8 Å². The molecule has 0 amide bonds. The van der Waals surface area contributed by atoms with E-state index in [1.807, 2.05) is 6.92 Å². The van der Waals surface area contributed by atoms with Crippen molar-refractivity contribution in [3.05, 3.63) is 6.92 Å². The second-order valence-corrected chi connectivity index (χ2v) is 3.52. The number of rotatable bonds is 1. The maximum atomic E-state index is 9.24. The molecule has 1 N–H and O–H groups in total. The third-order valence-corrected chi connectivity index (χ3v) is 2.57. The molecule has 1 unspecified atom stereocenters. The molecule has 1 nitrogen and oxygen atoms in total. The van der Waals surface area contributed by atoms with E-state index >= 15 is 0 Å². The van der Waals surface area contributed by atoms with Gasteiger partial charge in [-0.15, -0.1) is 0 Å². The summed E-state index contributed by atoms with van der Waals surface area (Å²) in [5.74, 6) is 1.20. The molecule has 59 valence electrons. The molecule has 0 heterocycles. The number of aliphatic hydroxyl groups is 1. The molecule has 0 aliphatic heterocycles. The van der Waals surface area contributed by atoms with E-state index in [1.54, 1.807) is 0 Å². The third kappa shape index (κ3) is 1.98. The fourth-order valence-corrected chi connectivity index (χ4v) is 1.67. The summed E-state index contributed by atoms with van der Waals surface area (Å²) in [5.41, 5.74) is 0. The van der Waals surface area contributed by atoms with Crippen molar-refractivity contribution in [3.8, 4) is 0 Å². The molecule has 0 aromatic rings. The van der Waals surface area contributed by atoms with Crippen LogP contribution in [0.25, 0.3) is 0 Å². The Morgan fingerprint density at radius 2 is 1.80 bits per heavy atom. The molecule has 0 bridgehead atoms. The van der Waals surface area contributed by atoms with E-state index in [4.69, 9.17) is 0 Å². The van der Waals surface area contributed by atoms with Crippen molar-refractivity contribution in [2.45, 2.75) is 38.7 Å². The lowest BCUT2D eigenvalue weighted by Gasteiger charge is -2.27. The quantitative estimate of drug-likeness (QED) is 0.592. The second kappa shape index (κ2) is 3.38. The van der Waals surface area contributed by atoms with Gasteiger partial charge in [-0.05, 0) is 31.6 Å². The fraction of sp³-hybridized carbons (Fsp3) is 0.889. The normalized spacial score (nSPS) is 37.5. The van der Waals surface area contributed by atoms with Crippen LogP contribution >= 0.6 is 0 Å². The minimum Gasteiger partial charge on any atom is -0.393 e. The molecule has 0 aromatic carbocycles. The van der Waals surface area contributed by atoms with Gasteiger partial charge in [0.05, 0.1) is 6.10 Å². The van der Waals surface area contributed by atoms with Crippen LogP contribution in [-0.2, 0) is 0 Å². The zero-order valence-electron chi connectivity index (χ0n) is 6.71. The van der Waals surface area contributed by atoms with E-state index in [2.05, 4.69) is 6.92 Å². The van der Waals surface area contributed by atoms with Gasteiger partial charge < -0.3 is 5.11 Å². The van der Waals surface area contributed by atoms with E-state index in [1.165, 1.54) is 25.7 Å². The highest BCUT2D eigenvalue weighted by Gasteiger charge is 2.21. The van der Waals surface area contributed by atoms with Gasteiger partial charge in [0.1, 0.15) is 0 Å². The van der Waals surface area contributed by atoms with Crippen LogP contribution < -0.4 is 0 Å². The Balaban J connectivity index is 2.26.